The molecule has 1 unspecified atom stereocenters. The summed E-state index contributed by atoms with van der Waals surface area (Å²) < 4.78 is 13.3. The molecule has 7 heteroatoms. The molecule has 37 heavy (non-hydrogen) atoms. The lowest BCUT2D eigenvalue weighted by Crippen LogP contribution is -2.24. The molecule has 1 aliphatic rings. The van der Waals surface area contributed by atoms with Gasteiger partial charge in [0.15, 0.2) is 0 Å². The van der Waals surface area contributed by atoms with E-state index in [-0.39, 0.29) is 23.7 Å². The first-order valence-corrected chi connectivity index (χ1v) is 12.6. The molecule has 1 fully saturated rings. The highest BCUT2D eigenvalue weighted by molar-refractivity contribution is 5.79. The predicted molar refractivity (Wildman–Crippen MR) is 140 cm³/mol. The van der Waals surface area contributed by atoms with Gasteiger partial charge in [-0.25, -0.2) is 14.4 Å². The predicted octanol–water partition coefficient (Wildman–Crippen LogP) is 5.97. The molecule has 3 aromatic carbocycles. The molecule has 0 saturated heterocycles. The van der Waals surface area contributed by atoms with Crippen LogP contribution in [0.15, 0.2) is 72.8 Å². The van der Waals surface area contributed by atoms with Crippen LogP contribution in [0.1, 0.15) is 61.7 Å². The topological polar surface area (TPSA) is 95.3 Å². The second-order valence-electron chi connectivity index (χ2n) is 10.0. The summed E-state index contributed by atoms with van der Waals surface area (Å²) in [4.78, 5) is 21.2. The van der Waals surface area contributed by atoms with Crippen LogP contribution in [0.2, 0.25) is 0 Å². The summed E-state index contributed by atoms with van der Waals surface area (Å²) in [6.07, 6.45) is 2.47. The fraction of sp³-hybridized carbons (Fsp3) is 0.300. The van der Waals surface area contributed by atoms with Gasteiger partial charge >= 0.3 is 5.97 Å². The number of benzene rings is 3. The Bertz CT molecular complexity index is 1410. The van der Waals surface area contributed by atoms with Gasteiger partial charge in [0.2, 0.25) is 0 Å². The largest absolute Gasteiger partial charge is 0.481 e. The van der Waals surface area contributed by atoms with Crippen LogP contribution in [0.4, 0.5) is 4.39 Å². The lowest BCUT2D eigenvalue weighted by molar-refractivity contribution is -0.138. The van der Waals surface area contributed by atoms with Crippen LogP contribution in [-0.4, -0.2) is 26.2 Å². The van der Waals surface area contributed by atoms with E-state index in [0.717, 1.165) is 47.3 Å². The number of nitrogens with zero attached hydrogens (tertiary/aromatic N) is 2. The third-order valence-corrected chi connectivity index (χ3v) is 7.28. The van der Waals surface area contributed by atoms with Crippen LogP contribution in [0, 0.1) is 11.2 Å². The van der Waals surface area contributed by atoms with Crippen molar-refractivity contribution in [1.82, 2.24) is 15.3 Å². The Hall–Kier alpha value is -3.68. The molecule has 1 aliphatic carbocycles. The van der Waals surface area contributed by atoms with Crippen LogP contribution in [-0.2, 0) is 11.2 Å². The maximum atomic E-state index is 13.3. The number of aliphatic carboxylic acids is 1. The molecule has 0 bridgehead atoms. The molecular formula is C30H30FN3O3. The zero-order valence-electron chi connectivity index (χ0n) is 20.7. The van der Waals surface area contributed by atoms with Gasteiger partial charge in [0.05, 0.1) is 28.8 Å². The van der Waals surface area contributed by atoms with Gasteiger partial charge in [-0.15, -0.1) is 0 Å². The molecule has 1 heterocycles. The zero-order chi connectivity index (χ0) is 26.0. The second kappa shape index (κ2) is 10.4. The number of aliphatic hydroxyl groups excluding tert-OH is 1. The van der Waals surface area contributed by atoms with E-state index >= 15 is 0 Å². The molecule has 0 radical (unpaired) electrons. The van der Waals surface area contributed by atoms with Crippen LogP contribution in [0.5, 0.6) is 0 Å². The number of hydrogen-bond donors (Lipinski definition) is 3. The highest BCUT2D eigenvalue weighted by Gasteiger charge is 2.44. The summed E-state index contributed by atoms with van der Waals surface area (Å²) in [7, 11) is 0. The molecule has 1 aromatic heterocycles. The molecule has 2 atom stereocenters. The smallest absolute Gasteiger partial charge is 0.303 e. The molecule has 5 rings (SSSR count). The van der Waals surface area contributed by atoms with E-state index in [4.69, 9.17) is 9.97 Å². The number of aryl methyl sites for hydroxylation is 1. The number of carboxylic acid groups (broad SMARTS) is 1. The third kappa shape index (κ3) is 5.84. The van der Waals surface area contributed by atoms with E-state index in [9.17, 15) is 19.4 Å². The Morgan fingerprint density at radius 2 is 1.70 bits per heavy atom. The molecule has 3 N–H and O–H groups in total. The Kier molecular flexibility index (Phi) is 7.00. The fourth-order valence-corrected chi connectivity index (χ4v) is 4.86. The summed E-state index contributed by atoms with van der Waals surface area (Å²) in [6, 6.07) is 21.4. The van der Waals surface area contributed by atoms with Crippen LogP contribution in [0.3, 0.4) is 0 Å². The SMILES string of the molecule is C[C@H](NC(O)c1ccc2nc(-c3ccccc3)c(CCC3(CC(=O)O)CC3)nc2c1)c1ccc(F)cc1. The van der Waals surface area contributed by atoms with E-state index in [0.29, 0.717) is 17.5 Å². The summed E-state index contributed by atoms with van der Waals surface area (Å²) in [6.45, 7) is 1.91. The maximum absolute atomic E-state index is 13.3. The number of fused-ring (bicyclic) bond motifs is 1. The van der Waals surface area contributed by atoms with Crippen molar-refractivity contribution in [3.63, 3.8) is 0 Å². The highest BCUT2D eigenvalue weighted by Crippen LogP contribution is 2.52. The van der Waals surface area contributed by atoms with Crippen molar-refractivity contribution < 1.29 is 19.4 Å². The van der Waals surface area contributed by atoms with Crippen molar-refractivity contribution in [2.24, 2.45) is 5.41 Å². The lowest BCUT2D eigenvalue weighted by Gasteiger charge is -2.20. The fourth-order valence-electron chi connectivity index (χ4n) is 4.86. The van der Waals surface area contributed by atoms with Gasteiger partial charge in [-0.1, -0.05) is 48.5 Å². The van der Waals surface area contributed by atoms with Crippen molar-refractivity contribution in [2.75, 3.05) is 0 Å². The van der Waals surface area contributed by atoms with Crippen molar-refractivity contribution in [3.05, 3.63) is 95.4 Å². The van der Waals surface area contributed by atoms with Crippen LogP contribution in [0.25, 0.3) is 22.3 Å². The molecular weight excluding hydrogens is 469 g/mol. The van der Waals surface area contributed by atoms with Gasteiger partial charge in [0.1, 0.15) is 12.0 Å². The number of aromatic nitrogens is 2. The standard InChI is InChI=1S/C30H30FN3O3/c1-19(20-7-10-23(31)11-8-20)32-29(37)22-9-12-24-26(17-22)33-25(13-14-30(15-16-30)18-27(35)36)28(34-24)21-5-3-2-4-6-21/h2-12,17,19,29,32,37H,13-16,18H2,1H3,(H,35,36)/t19-,29?/m0/s1. The maximum Gasteiger partial charge on any atom is 0.303 e. The minimum Gasteiger partial charge on any atom is -0.481 e. The van der Waals surface area contributed by atoms with Gasteiger partial charge < -0.3 is 10.2 Å². The molecule has 0 aliphatic heterocycles. The average molecular weight is 500 g/mol. The van der Waals surface area contributed by atoms with Gasteiger partial charge in [0.25, 0.3) is 0 Å². The third-order valence-electron chi connectivity index (χ3n) is 7.28. The quantitative estimate of drug-likeness (QED) is 0.233. The molecule has 0 spiro atoms. The van der Waals surface area contributed by atoms with Crippen molar-refractivity contribution in [2.45, 2.75) is 51.3 Å². The first-order chi connectivity index (χ1) is 17.8. The van der Waals surface area contributed by atoms with Crippen molar-refractivity contribution in [3.8, 4) is 11.3 Å². The van der Waals surface area contributed by atoms with Crippen molar-refractivity contribution in [1.29, 1.82) is 0 Å². The number of rotatable bonds is 10. The number of nitrogens with one attached hydrogen (secondary N) is 1. The zero-order valence-corrected chi connectivity index (χ0v) is 20.7. The summed E-state index contributed by atoms with van der Waals surface area (Å²) >= 11 is 0. The Morgan fingerprint density at radius 3 is 2.38 bits per heavy atom. The molecule has 6 nitrogen and oxygen atoms in total. The minimum atomic E-state index is -0.950. The Morgan fingerprint density at radius 1 is 1.00 bits per heavy atom. The molecule has 190 valence electrons. The monoisotopic (exact) mass is 499 g/mol. The Labute approximate surface area is 215 Å². The highest BCUT2D eigenvalue weighted by atomic mass is 19.1. The second-order valence-corrected chi connectivity index (χ2v) is 10.0. The molecule has 4 aromatic rings. The van der Waals surface area contributed by atoms with E-state index in [1.807, 2.05) is 55.5 Å². The van der Waals surface area contributed by atoms with Crippen LogP contribution >= 0.6 is 0 Å². The van der Waals surface area contributed by atoms with E-state index in [1.54, 1.807) is 12.1 Å². The number of carboxylic acids is 1. The number of halogens is 1. The summed E-state index contributed by atoms with van der Waals surface area (Å²) in [5, 5.41) is 23.3. The average Bonchev–Trinajstić information content (AvgIpc) is 3.66. The van der Waals surface area contributed by atoms with Crippen LogP contribution < -0.4 is 5.32 Å². The van der Waals surface area contributed by atoms with Crippen molar-refractivity contribution >= 4 is 17.0 Å². The van der Waals surface area contributed by atoms with E-state index in [1.165, 1.54) is 12.1 Å². The molecule has 0 amide bonds. The normalized spacial score (nSPS) is 15.9. The van der Waals surface area contributed by atoms with Gasteiger partial charge in [-0.3, -0.25) is 10.1 Å². The minimum absolute atomic E-state index is 0.144. The van der Waals surface area contributed by atoms with Gasteiger partial charge in [-0.05, 0) is 73.4 Å². The van der Waals surface area contributed by atoms with E-state index < -0.39 is 12.2 Å². The lowest BCUT2D eigenvalue weighted by atomic mass is 9.94. The van der Waals surface area contributed by atoms with Gasteiger partial charge in [0, 0.05) is 11.6 Å². The number of aliphatic hydroxyl groups is 1. The summed E-state index contributed by atoms with van der Waals surface area (Å²) in [5.74, 6) is -1.06. The first kappa shape index (κ1) is 25.0. The summed E-state index contributed by atoms with van der Waals surface area (Å²) in [5.41, 5.74) is 5.36. The van der Waals surface area contributed by atoms with E-state index in [2.05, 4.69) is 5.32 Å². The first-order valence-electron chi connectivity index (χ1n) is 12.6. The number of hydrogen-bond acceptors (Lipinski definition) is 5. The van der Waals surface area contributed by atoms with Gasteiger partial charge in [-0.2, -0.15) is 0 Å². The Balaban J connectivity index is 1.43. The number of carbonyl (C=O) groups is 1. The molecule has 1 saturated carbocycles.